The highest BCUT2D eigenvalue weighted by Gasteiger charge is 2.24. The molecule has 1 saturated heterocycles. The molecule has 2 atom stereocenters. The quantitative estimate of drug-likeness (QED) is 0.673. The van der Waals surface area contributed by atoms with E-state index in [9.17, 15) is 0 Å². The average molecular weight is 234 g/mol. The molecule has 0 bridgehead atoms. The maximum Gasteiger partial charge on any atom is 0.104 e. The van der Waals surface area contributed by atoms with E-state index in [2.05, 4.69) is 38.1 Å². The second kappa shape index (κ2) is 6.18. The van der Waals surface area contributed by atoms with Gasteiger partial charge in [0.2, 0.25) is 0 Å². The van der Waals surface area contributed by atoms with Crippen LogP contribution in [0.2, 0.25) is 0 Å². The number of rotatable bonds is 7. The minimum Gasteiger partial charge on any atom is -0.371 e. The molecule has 94 valence electrons. The van der Waals surface area contributed by atoms with Crippen molar-refractivity contribution in [1.29, 1.82) is 0 Å². The van der Waals surface area contributed by atoms with Crippen molar-refractivity contribution in [1.82, 2.24) is 0 Å². The predicted octanol–water partition coefficient (Wildman–Crippen LogP) is 3.51. The second-order valence-electron chi connectivity index (χ2n) is 4.63. The minimum atomic E-state index is 0.224. The van der Waals surface area contributed by atoms with Crippen molar-refractivity contribution in [2.75, 3.05) is 13.2 Å². The Morgan fingerprint density at radius 3 is 2.76 bits per heavy atom. The zero-order valence-corrected chi connectivity index (χ0v) is 10.8. The van der Waals surface area contributed by atoms with Crippen LogP contribution in [-0.2, 0) is 15.9 Å². The van der Waals surface area contributed by atoms with E-state index in [0.29, 0.717) is 6.10 Å². The van der Waals surface area contributed by atoms with E-state index in [1.54, 1.807) is 0 Å². The van der Waals surface area contributed by atoms with Crippen molar-refractivity contribution in [3.05, 3.63) is 35.4 Å². The van der Waals surface area contributed by atoms with E-state index in [1.165, 1.54) is 17.5 Å². The first-order valence-corrected chi connectivity index (χ1v) is 6.66. The Bertz CT molecular complexity index is 345. The van der Waals surface area contributed by atoms with Crippen molar-refractivity contribution in [2.24, 2.45) is 0 Å². The summed E-state index contributed by atoms with van der Waals surface area (Å²) in [6.07, 6.45) is 3.91. The van der Waals surface area contributed by atoms with E-state index in [0.717, 1.165) is 26.1 Å². The highest BCUT2D eigenvalue weighted by Crippen LogP contribution is 2.26. The van der Waals surface area contributed by atoms with Crippen molar-refractivity contribution < 1.29 is 9.47 Å². The Morgan fingerprint density at radius 1 is 1.35 bits per heavy atom. The highest BCUT2D eigenvalue weighted by atomic mass is 16.6. The highest BCUT2D eigenvalue weighted by molar-refractivity contribution is 5.29. The van der Waals surface area contributed by atoms with Crippen molar-refractivity contribution in [3.63, 3.8) is 0 Å². The minimum absolute atomic E-state index is 0.224. The molecule has 2 nitrogen and oxygen atoms in total. The number of hydrogen-bond donors (Lipinski definition) is 0. The summed E-state index contributed by atoms with van der Waals surface area (Å²) in [4.78, 5) is 0. The molecular formula is C15H22O2. The summed E-state index contributed by atoms with van der Waals surface area (Å²) < 4.78 is 11.2. The van der Waals surface area contributed by atoms with E-state index >= 15 is 0 Å². The summed E-state index contributed by atoms with van der Waals surface area (Å²) in [7, 11) is 0. The van der Waals surface area contributed by atoms with Crippen LogP contribution in [0, 0.1) is 0 Å². The van der Waals surface area contributed by atoms with Crippen LogP contribution in [-0.4, -0.2) is 19.3 Å². The van der Waals surface area contributed by atoms with Gasteiger partial charge in [-0.25, -0.2) is 0 Å². The molecule has 2 rings (SSSR count). The summed E-state index contributed by atoms with van der Waals surface area (Å²) in [5.74, 6) is 0. The van der Waals surface area contributed by atoms with Crippen LogP contribution >= 0.6 is 0 Å². The average Bonchev–Trinajstić information content (AvgIpc) is 3.16. The fourth-order valence-corrected chi connectivity index (χ4v) is 2.16. The summed E-state index contributed by atoms with van der Waals surface area (Å²) in [5.41, 5.74) is 2.79. The molecule has 0 radical (unpaired) electrons. The molecule has 0 spiro atoms. The first-order chi connectivity index (χ1) is 8.35. The fourth-order valence-electron chi connectivity index (χ4n) is 2.16. The second-order valence-corrected chi connectivity index (χ2v) is 4.63. The predicted molar refractivity (Wildman–Crippen MR) is 69.2 cm³/mol. The third-order valence-electron chi connectivity index (χ3n) is 3.18. The molecule has 1 aromatic carbocycles. The van der Waals surface area contributed by atoms with Gasteiger partial charge in [-0.15, -0.1) is 0 Å². The molecule has 1 aromatic rings. The van der Waals surface area contributed by atoms with E-state index in [1.807, 2.05) is 0 Å². The molecule has 2 unspecified atom stereocenters. The van der Waals surface area contributed by atoms with Crippen molar-refractivity contribution in [2.45, 2.75) is 45.3 Å². The summed E-state index contributed by atoms with van der Waals surface area (Å²) >= 11 is 0. The van der Waals surface area contributed by atoms with Gasteiger partial charge in [0.05, 0.1) is 19.3 Å². The standard InChI is InChI=1S/C15H22O2/c1-3-7-12-8-5-6-9-14(12)15(4-2)17-11-13-10-16-13/h5-6,8-9,13,15H,3-4,7,10-11H2,1-2H3. The maximum atomic E-state index is 5.96. The van der Waals surface area contributed by atoms with E-state index < -0.39 is 0 Å². The van der Waals surface area contributed by atoms with Gasteiger partial charge in [-0.05, 0) is 24.0 Å². The summed E-state index contributed by atoms with van der Waals surface area (Å²) in [6, 6.07) is 8.64. The molecule has 1 aliphatic heterocycles. The monoisotopic (exact) mass is 234 g/mol. The molecule has 17 heavy (non-hydrogen) atoms. The largest absolute Gasteiger partial charge is 0.371 e. The van der Waals surface area contributed by atoms with Crippen LogP contribution in [0.15, 0.2) is 24.3 Å². The van der Waals surface area contributed by atoms with Crippen LogP contribution in [0.5, 0.6) is 0 Å². The lowest BCUT2D eigenvalue weighted by Crippen LogP contribution is -2.10. The van der Waals surface area contributed by atoms with Gasteiger partial charge in [0.1, 0.15) is 6.10 Å². The van der Waals surface area contributed by atoms with Gasteiger partial charge in [-0.3, -0.25) is 0 Å². The zero-order chi connectivity index (χ0) is 12.1. The Hall–Kier alpha value is -0.860. The fraction of sp³-hybridized carbons (Fsp3) is 0.600. The van der Waals surface area contributed by atoms with Gasteiger partial charge in [0, 0.05) is 0 Å². The molecule has 1 fully saturated rings. The lowest BCUT2D eigenvalue weighted by Gasteiger charge is -2.19. The Labute approximate surface area is 104 Å². The summed E-state index contributed by atoms with van der Waals surface area (Å²) in [5, 5.41) is 0. The molecule has 0 N–H and O–H groups in total. The lowest BCUT2D eigenvalue weighted by molar-refractivity contribution is 0.0389. The molecule has 0 amide bonds. The van der Waals surface area contributed by atoms with Gasteiger partial charge in [-0.2, -0.15) is 0 Å². The van der Waals surface area contributed by atoms with Crippen LogP contribution in [0.25, 0.3) is 0 Å². The van der Waals surface area contributed by atoms with Gasteiger partial charge < -0.3 is 9.47 Å². The Kier molecular flexibility index (Phi) is 4.57. The first kappa shape index (κ1) is 12.6. The molecule has 0 saturated carbocycles. The van der Waals surface area contributed by atoms with Gasteiger partial charge in [0.25, 0.3) is 0 Å². The number of ether oxygens (including phenoxy) is 2. The molecule has 1 heterocycles. The van der Waals surface area contributed by atoms with Gasteiger partial charge in [-0.1, -0.05) is 44.5 Å². The number of aryl methyl sites for hydroxylation is 1. The van der Waals surface area contributed by atoms with Crippen LogP contribution < -0.4 is 0 Å². The van der Waals surface area contributed by atoms with Crippen molar-refractivity contribution in [3.8, 4) is 0 Å². The number of epoxide rings is 1. The normalized spacial score (nSPS) is 20.2. The molecular weight excluding hydrogens is 212 g/mol. The molecule has 2 heteroatoms. The van der Waals surface area contributed by atoms with E-state index in [4.69, 9.17) is 9.47 Å². The van der Waals surface area contributed by atoms with Crippen LogP contribution in [0.4, 0.5) is 0 Å². The number of benzene rings is 1. The number of hydrogen-bond acceptors (Lipinski definition) is 2. The zero-order valence-electron chi connectivity index (χ0n) is 10.8. The Morgan fingerprint density at radius 2 is 2.12 bits per heavy atom. The molecule has 0 aliphatic carbocycles. The lowest BCUT2D eigenvalue weighted by atomic mass is 9.97. The molecule has 1 aliphatic rings. The van der Waals surface area contributed by atoms with Crippen molar-refractivity contribution >= 4 is 0 Å². The van der Waals surface area contributed by atoms with E-state index in [-0.39, 0.29) is 6.10 Å². The molecule has 0 aromatic heterocycles. The third-order valence-corrected chi connectivity index (χ3v) is 3.18. The van der Waals surface area contributed by atoms with Gasteiger partial charge in [0.15, 0.2) is 0 Å². The first-order valence-electron chi connectivity index (χ1n) is 6.66. The topological polar surface area (TPSA) is 21.8 Å². The maximum absolute atomic E-state index is 5.96. The Balaban J connectivity index is 2.04. The van der Waals surface area contributed by atoms with Gasteiger partial charge >= 0.3 is 0 Å². The smallest absolute Gasteiger partial charge is 0.104 e. The van der Waals surface area contributed by atoms with Crippen LogP contribution in [0.3, 0.4) is 0 Å². The summed E-state index contributed by atoms with van der Waals surface area (Å²) in [6.45, 7) is 6.00. The third kappa shape index (κ3) is 3.55. The SMILES string of the molecule is CCCc1ccccc1C(CC)OCC1CO1. The van der Waals surface area contributed by atoms with Crippen LogP contribution in [0.1, 0.15) is 43.9 Å².